The first-order valence-corrected chi connectivity index (χ1v) is 42.8. The van der Waals surface area contributed by atoms with Crippen LogP contribution in [0.25, 0.3) is 0 Å². The Bertz CT molecular complexity index is 4020. The van der Waals surface area contributed by atoms with Gasteiger partial charge in [0, 0.05) is 108 Å². The van der Waals surface area contributed by atoms with Gasteiger partial charge in [0.05, 0.1) is 109 Å². The SMILES string of the molecule is COc1cc2cc(c1Cl)N(C)C(=O)C[C@H](OC(=O)[C@H](C)N(C)C(=O)CCCCCNC(=O)OCc1ccc(NC(=O)[C@H](C)CC(=O)[C@@H](NC(=O)CCOCCCC(=O)c3ccc(C(=O)C4CCCCOCCOCCOCCOCCOCCS(=O)(=O)C4)cc3)C(C)C)cc1)[C@]1(C)O[C@H]1[C@H](C)C1C[C@@](O)(NC(=O)O1)[C@H](OC)/C=C/C=C(\C)C2. The van der Waals surface area contributed by atoms with Crippen LogP contribution < -0.4 is 30.9 Å². The molecule has 5 N–H and O–H groups in total. The minimum absolute atomic E-state index is 0.0250. The van der Waals surface area contributed by atoms with Crippen LogP contribution in [-0.4, -0.2) is 251 Å². The molecule has 3 saturated heterocycles. The number of nitrogens with one attached hydrogen (secondary N) is 4. The van der Waals surface area contributed by atoms with E-state index in [2.05, 4.69) is 21.3 Å². The lowest BCUT2D eigenvalue weighted by atomic mass is 9.83. The number of unbranched alkanes of at least 4 members (excludes halogenated alkanes) is 2. The highest BCUT2D eigenvalue weighted by atomic mass is 35.5. The van der Waals surface area contributed by atoms with Gasteiger partial charge in [0.2, 0.25) is 23.6 Å². The number of ketones is 3. The second-order valence-corrected chi connectivity index (χ2v) is 33.6. The molecule has 0 spiro atoms. The van der Waals surface area contributed by atoms with Crippen molar-refractivity contribution in [3.63, 3.8) is 0 Å². The molecule has 33 heteroatoms. The summed E-state index contributed by atoms with van der Waals surface area (Å²) in [7, 11) is 2.22. The van der Waals surface area contributed by atoms with Crippen LogP contribution in [0.1, 0.15) is 164 Å². The van der Waals surface area contributed by atoms with Crippen LogP contribution in [0.3, 0.4) is 0 Å². The smallest absolute Gasteiger partial charge is 0.409 e. The zero-order valence-corrected chi connectivity index (χ0v) is 71.5. The van der Waals surface area contributed by atoms with Gasteiger partial charge in [0.15, 0.2) is 32.9 Å². The number of carbonyl (C=O) groups excluding carboxylic acids is 10. The zero-order chi connectivity index (χ0) is 86.1. The summed E-state index contributed by atoms with van der Waals surface area (Å²) in [4.78, 5) is 138. The van der Waals surface area contributed by atoms with Gasteiger partial charge in [-0.25, -0.2) is 22.8 Å². The predicted molar refractivity (Wildman–Crippen MR) is 438 cm³/mol. The maximum Gasteiger partial charge on any atom is 0.409 e. The van der Waals surface area contributed by atoms with E-state index in [4.69, 9.17) is 68.4 Å². The van der Waals surface area contributed by atoms with E-state index in [9.17, 15) is 61.5 Å². The van der Waals surface area contributed by atoms with Gasteiger partial charge in [-0.15, -0.1) is 0 Å². The van der Waals surface area contributed by atoms with Crippen LogP contribution >= 0.6 is 11.6 Å². The molecule has 2 unspecified atom stereocenters. The number of fused-ring (bicyclic) bond motifs is 5. The van der Waals surface area contributed by atoms with Gasteiger partial charge in [-0.05, 0) is 101 Å². The number of Topliss-reactive ketones (excluding diaryl/α,β-unsaturated/α-hetero) is 3. The van der Waals surface area contributed by atoms with Crippen LogP contribution in [0.4, 0.5) is 21.0 Å². The Balaban J connectivity index is 0.777. The van der Waals surface area contributed by atoms with Crippen molar-refractivity contribution < 1.29 is 118 Å². The van der Waals surface area contributed by atoms with Crippen molar-refractivity contribution in [1.82, 2.24) is 20.9 Å². The summed E-state index contributed by atoms with van der Waals surface area (Å²) in [5, 5.41) is 22.9. The predicted octanol–water partition coefficient (Wildman–Crippen LogP) is 9.23. The topological polar surface area (TPSA) is 394 Å². The molecule has 4 heterocycles. The zero-order valence-electron chi connectivity index (χ0n) is 69.9. The molecule has 31 nitrogen and oxygen atoms in total. The first-order valence-electron chi connectivity index (χ1n) is 40.6. The largest absolute Gasteiger partial charge is 0.495 e. The average molecular weight is 1690 g/mol. The third-order valence-corrected chi connectivity index (χ3v) is 23.4. The molecule has 0 aromatic heterocycles. The number of epoxide rings is 1. The molecule has 3 aromatic rings. The molecule has 7 rings (SSSR count). The molecule has 4 bridgehead atoms. The summed E-state index contributed by atoms with van der Waals surface area (Å²) in [5.74, 6) is -6.11. The summed E-state index contributed by atoms with van der Waals surface area (Å²) in [6, 6.07) is 14.3. The summed E-state index contributed by atoms with van der Waals surface area (Å²) in [6.07, 6.45) is 2.91. The average Bonchev–Trinajstić information content (AvgIpc) is 1.57. The van der Waals surface area contributed by atoms with Gasteiger partial charge in [0.25, 0.3) is 0 Å². The highest BCUT2D eigenvalue weighted by Crippen LogP contribution is 2.49. The Morgan fingerprint density at radius 2 is 1.46 bits per heavy atom. The number of hydrogen-bond donors (Lipinski definition) is 5. The quantitative estimate of drug-likeness (QED) is 0.0136. The van der Waals surface area contributed by atoms with Crippen molar-refractivity contribution in [3.8, 4) is 5.75 Å². The minimum Gasteiger partial charge on any atom is -0.495 e. The second kappa shape index (κ2) is 48.2. The number of allylic oxidation sites excluding steroid dienone is 3. The van der Waals surface area contributed by atoms with Crippen LogP contribution in [0, 0.1) is 23.7 Å². The van der Waals surface area contributed by atoms with Gasteiger partial charge in [0.1, 0.15) is 47.3 Å². The molecule has 0 radical (unpaired) electrons. The normalized spacial score (nSPS) is 24.3. The number of esters is 1. The fourth-order valence-corrected chi connectivity index (χ4v) is 15.7. The lowest BCUT2D eigenvalue weighted by molar-refractivity contribution is -0.162. The van der Waals surface area contributed by atoms with E-state index in [0.717, 1.165) is 11.1 Å². The number of anilines is 2. The van der Waals surface area contributed by atoms with Crippen molar-refractivity contribution in [2.75, 3.05) is 136 Å². The van der Waals surface area contributed by atoms with Crippen molar-refractivity contribution in [1.29, 1.82) is 0 Å². The number of rotatable bonds is 30. The number of halogens is 1. The van der Waals surface area contributed by atoms with Crippen LogP contribution in [0.15, 0.2) is 84.5 Å². The highest BCUT2D eigenvalue weighted by molar-refractivity contribution is 7.91. The molecule has 654 valence electrons. The van der Waals surface area contributed by atoms with Crippen molar-refractivity contribution in [2.45, 2.75) is 193 Å². The molecule has 4 aliphatic heterocycles. The van der Waals surface area contributed by atoms with Gasteiger partial charge in [-0.1, -0.05) is 112 Å². The Morgan fingerprint density at radius 1 is 0.805 bits per heavy atom. The van der Waals surface area contributed by atoms with Crippen molar-refractivity contribution in [3.05, 3.63) is 112 Å². The highest BCUT2D eigenvalue weighted by Gasteiger charge is 2.64. The number of hydrogen-bond acceptors (Lipinski definition) is 25. The standard InChI is InChI=1S/C85H121ClN6O25S/c1-55(2)77(89-73(95)32-36-108-35-18-21-67(93)62-26-28-63(29-27-62)78(98)64-20-14-16-34-109-37-38-110-39-40-111-41-42-112-43-44-113-45-46-118(104,105)54-64)68(94)48-57(4)80(99)88-65-30-24-60(25-31-65)53-114-82(101)87-33-15-12-13-23-74(96)91(8)59(6)81(100)116-72-51-75(97)92(9)66-49-61(50-69(106-10)76(66)86)47-56(3)19-17-22-71(107-11)85(103)52-70(115-83(102)90-85)58(5)79-84(72,7)117-79/h17,19,22,24-31,49-50,55,57-59,64,70-72,77,79,103H,12-16,18,20-21,23,32-48,51-54H2,1-11H3,(H,87,101)(H,88,99)(H,89,95)(H,90,102)/b22-17+,56-19+/t57-,58-,59+,64?,70?,71-,72+,77+,79+,84+,85+/m1/s1. The lowest BCUT2D eigenvalue weighted by Crippen LogP contribution is -2.63. The molecule has 0 saturated carbocycles. The third-order valence-electron chi connectivity index (χ3n) is 21.3. The number of nitrogens with zero attached hydrogens (tertiary/aromatic N) is 2. The van der Waals surface area contributed by atoms with Crippen molar-refractivity contribution >= 4 is 91.9 Å². The van der Waals surface area contributed by atoms with Gasteiger partial charge >= 0.3 is 18.2 Å². The van der Waals surface area contributed by atoms with E-state index in [0.29, 0.717) is 131 Å². The minimum atomic E-state index is -3.67. The molecule has 0 aliphatic carbocycles. The molecule has 3 aromatic carbocycles. The lowest BCUT2D eigenvalue weighted by Gasteiger charge is -2.42. The number of carbonyl (C=O) groups is 10. The van der Waals surface area contributed by atoms with Gasteiger partial charge < -0.3 is 87.7 Å². The Morgan fingerprint density at radius 3 is 2.11 bits per heavy atom. The molecule has 6 amide bonds. The first kappa shape index (κ1) is 96.8. The van der Waals surface area contributed by atoms with E-state index in [-0.39, 0.29) is 124 Å². The fourth-order valence-electron chi connectivity index (χ4n) is 13.9. The summed E-state index contributed by atoms with van der Waals surface area (Å²) in [6.45, 7) is 15.7. The number of likely N-dealkylation sites (N-methyl/N-ethyl adjacent to an activating group) is 1. The van der Waals surface area contributed by atoms with Crippen LogP contribution in [-0.2, 0) is 104 Å². The maximum absolute atomic E-state index is 14.4. The third kappa shape index (κ3) is 30.8. The summed E-state index contributed by atoms with van der Waals surface area (Å²) in [5.41, 5.74) is 0.511. The van der Waals surface area contributed by atoms with Crippen molar-refractivity contribution in [2.24, 2.45) is 23.7 Å². The number of ether oxygens (including phenoxy) is 12. The second-order valence-electron chi connectivity index (χ2n) is 31.0. The van der Waals surface area contributed by atoms with E-state index in [1.54, 1.807) is 102 Å². The number of amides is 6. The molecule has 11 atom stereocenters. The van der Waals surface area contributed by atoms with Crippen LogP contribution in [0.2, 0.25) is 5.02 Å². The molecular weight excluding hydrogens is 1570 g/mol. The molecular formula is C85H121ClN6O25S. The number of benzene rings is 3. The fraction of sp³-hybridized carbons (Fsp3) is 0.624. The Kier molecular flexibility index (Phi) is 39.6. The van der Waals surface area contributed by atoms with E-state index < -0.39 is 118 Å². The molecule has 3 fully saturated rings. The number of methoxy groups -OCH3 is 2. The van der Waals surface area contributed by atoms with E-state index >= 15 is 0 Å². The van der Waals surface area contributed by atoms with Gasteiger partial charge in [-0.3, -0.25) is 38.9 Å². The summed E-state index contributed by atoms with van der Waals surface area (Å²) >= 11 is 6.85. The maximum atomic E-state index is 14.4. The molecule has 4 aliphatic rings. The van der Waals surface area contributed by atoms with Gasteiger partial charge in [-0.2, -0.15) is 0 Å². The Hall–Kier alpha value is -8.28. The molecule has 118 heavy (non-hydrogen) atoms. The Labute approximate surface area is 697 Å². The van der Waals surface area contributed by atoms with Crippen LogP contribution in [0.5, 0.6) is 5.75 Å². The number of sulfone groups is 1. The van der Waals surface area contributed by atoms with E-state index in [1.807, 2.05) is 13.0 Å². The van der Waals surface area contributed by atoms with E-state index in [1.165, 1.54) is 50.1 Å². The summed E-state index contributed by atoms with van der Waals surface area (Å²) < 4.78 is 94.7. The number of alkyl carbamates (subject to hydrolysis) is 2. The number of aliphatic hydroxyl groups is 1. The first-order chi connectivity index (χ1) is 56.3. The monoisotopic (exact) mass is 1690 g/mol.